The van der Waals surface area contributed by atoms with Gasteiger partial charge in [-0.2, -0.15) is 0 Å². The van der Waals surface area contributed by atoms with Crippen molar-refractivity contribution in [2.75, 3.05) is 0 Å². The van der Waals surface area contributed by atoms with Gasteiger partial charge in [-0.05, 0) is 60.7 Å². The minimum Gasteiger partial charge on any atom is -0.465 e. The highest BCUT2D eigenvalue weighted by atomic mass is 32.1. The molecule has 0 saturated heterocycles. The number of aromatic nitrogens is 1. The average Bonchev–Trinajstić information content (AvgIpc) is 3.31. The molecule has 0 bridgehead atoms. The zero-order valence-corrected chi connectivity index (χ0v) is 15.6. The van der Waals surface area contributed by atoms with Crippen LogP contribution in [0.4, 0.5) is 10.5 Å². The van der Waals surface area contributed by atoms with Crippen LogP contribution in [-0.2, 0) is 0 Å². The first kappa shape index (κ1) is 17.6. The van der Waals surface area contributed by atoms with Crippen molar-refractivity contribution in [3.63, 3.8) is 0 Å². The molecule has 0 atom stereocenters. The summed E-state index contributed by atoms with van der Waals surface area (Å²) in [5, 5.41) is 14.7. The van der Waals surface area contributed by atoms with Crippen molar-refractivity contribution in [3.8, 4) is 0 Å². The fourth-order valence-corrected chi connectivity index (χ4v) is 4.51. The van der Waals surface area contributed by atoms with Crippen LogP contribution in [-0.4, -0.2) is 28.1 Å². The van der Waals surface area contributed by atoms with Gasteiger partial charge in [0.1, 0.15) is 5.84 Å². The van der Waals surface area contributed by atoms with E-state index in [0.717, 1.165) is 41.8 Å². The Labute approximate surface area is 161 Å². The third-order valence-corrected chi connectivity index (χ3v) is 6.11. The Balaban J connectivity index is 1.52. The molecule has 0 unspecified atom stereocenters. The molecule has 1 aliphatic carbocycles. The highest BCUT2D eigenvalue weighted by Crippen LogP contribution is 2.37. The molecule has 0 spiro atoms. The van der Waals surface area contributed by atoms with Gasteiger partial charge in [-0.25, -0.2) is 9.79 Å². The Kier molecular flexibility index (Phi) is 4.85. The summed E-state index contributed by atoms with van der Waals surface area (Å²) in [5.41, 5.74) is 9.28. The maximum Gasteiger partial charge on any atom is 0.404 e. The number of fused-ring (bicyclic) bond motifs is 1. The number of carboxylic acid groups (broad SMARTS) is 1. The lowest BCUT2D eigenvalue weighted by Crippen LogP contribution is -2.36. The van der Waals surface area contributed by atoms with Crippen molar-refractivity contribution in [1.82, 2.24) is 10.3 Å². The van der Waals surface area contributed by atoms with Crippen molar-refractivity contribution in [1.29, 1.82) is 0 Å². The Hall–Kier alpha value is -2.80. The molecule has 1 aliphatic rings. The number of amides is 1. The summed E-state index contributed by atoms with van der Waals surface area (Å²) in [7, 11) is 0. The molecule has 5 N–H and O–H groups in total. The van der Waals surface area contributed by atoms with E-state index in [1.807, 2.05) is 29.6 Å². The number of aliphatic imine (C=N–C) groups is 1. The number of benzene rings is 1. The van der Waals surface area contributed by atoms with Gasteiger partial charge in [0.05, 0.1) is 10.6 Å². The molecule has 6 nitrogen and oxygen atoms in total. The number of hydrogen-bond donors (Lipinski definition) is 4. The van der Waals surface area contributed by atoms with Crippen LogP contribution >= 0.6 is 11.3 Å². The minimum absolute atomic E-state index is 0.0742. The maximum absolute atomic E-state index is 10.8. The van der Waals surface area contributed by atoms with Gasteiger partial charge in [-0.3, -0.25) is 0 Å². The molecule has 0 radical (unpaired) electrons. The van der Waals surface area contributed by atoms with E-state index in [9.17, 15) is 4.79 Å². The van der Waals surface area contributed by atoms with Gasteiger partial charge >= 0.3 is 6.09 Å². The fourth-order valence-electron chi connectivity index (χ4n) is 3.89. The van der Waals surface area contributed by atoms with E-state index in [2.05, 4.69) is 27.6 Å². The second-order valence-corrected chi connectivity index (χ2v) is 7.89. The summed E-state index contributed by atoms with van der Waals surface area (Å²) >= 11 is 1.58. The number of rotatable bonds is 4. The van der Waals surface area contributed by atoms with E-state index in [1.54, 1.807) is 11.3 Å². The summed E-state index contributed by atoms with van der Waals surface area (Å²) in [6, 6.07) is 10.1. The van der Waals surface area contributed by atoms with E-state index < -0.39 is 6.09 Å². The normalized spacial score (nSPS) is 20.7. The number of nitrogens with zero attached hydrogens (tertiary/aromatic N) is 1. The number of nitrogens with one attached hydrogen (secondary N) is 2. The smallest absolute Gasteiger partial charge is 0.404 e. The summed E-state index contributed by atoms with van der Waals surface area (Å²) in [4.78, 5) is 19.7. The standard InChI is InChI=1S/C20H22N4O2S/c21-19(18-2-1-9-27-18)23-14-7-8-15-16(11-22-17(15)10-14)12-3-5-13(6-4-12)24-20(25)26/h1-2,7-13,22,24H,3-6H2,(H2,21,23)(H,25,26). The lowest BCUT2D eigenvalue weighted by Gasteiger charge is -2.28. The van der Waals surface area contributed by atoms with Crippen LogP contribution in [0, 0.1) is 0 Å². The molecule has 1 fully saturated rings. The maximum atomic E-state index is 10.8. The zero-order chi connectivity index (χ0) is 18.8. The zero-order valence-electron chi connectivity index (χ0n) is 14.8. The van der Waals surface area contributed by atoms with Gasteiger partial charge in [0.15, 0.2) is 0 Å². The summed E-state index contributed by atoms with van der Waals surface area (Å²) < 4.78 is 0. The van der Waals surface area contributed by atoms with Crippen LogP contribution in [0.5, 0.6) is 0 Å². The molecule has 3 aromatic rings. The van der Waals surface area contributed by atoms with Crippen molar-refractivity contribution in [2.45, 2.75) is 37.6 Å². The molecule has 140 valence electrons. The first-order chi connectivity index (χ1) is 13.1. The van der Waals surface area contributed by atoms with E-state index in [4.69, 9.17) is 10.8 Å². The number of carbonyl (C=O) groups is 1. The topological polar surface area (TPSA) is 104 Å². The number of nitrogens with two attached hydrogens (primary N) is 1. The Morgan fingerprint density at radius 3 is 2.78 bits per heavy atom. The number of thiophene rings is 1. The van der Waals surface area contributed by atoms with Gasteiger partial charge in [0.2, 0.25) is 0 Å². The van der Waals surface area contributed by atoms with Gasteiger partial charge in [-0.15, -0.1) is 11.3 Å². The van der Waals surface area contributed by atoms with Gasteiger partial charge in [0, 0.05) is 23.1 Å². The highest BCUT2D eigenvalue weighted by molar-refractivity contribution is 7.12. The van der Waals surface area contributed by atoms with E-state index >= 15 is 0 Å². The number of aromatic amines is 1. The summed E-state index contributed by atoms with van der Waals surface area (Å²) in [5.74, 6) is 0.983. The Bertz CT molecular complexity index is 969. The van der Waals surface area contributed by atoms with Crippen LogP contribution in [0.2, 0.25) is 0 Å². The molecule has 2 aromatic heterocycles. The van der Waals surface area contributed by atoms with Crippen molar-refractivity contribution in [2.24, 2.45) is 10.7 Å². The molecule has 1 saturated carbocycles. The predicted octanol–water partition coefficient (Wildman–Crippen LogP) is 4.56. The third kappa shape index (κ3) is 3.83. The van der Waals surface area contributed by atoms with Crippen molar-refractivity contribution >= 4 is 39.9 Å². The first-order valence-corrected chi connectivity index (χ1v) is 9.96. The molecule has 27 heavy (non-hydrogen) atoms. The van der Waals surface area contributed by atoms with Crippen molar-refractivity contribution < 1.29 is 9.90 Å². The molecule has 0 aliphatic heterocycles. The van der Waals surface area contributed by atoms with Crippen LogP contribution in [0.1, 0.15) is 42.0 Å². The van der Waals surface area contributed by atoms with Gasteiger partial charge < -0.3 is 21.1 Å². The second kappa shape index (κ2) is 7.44. The molecular weight excluding hydrogens is 360 g/mol. The molecule has 1 amide bonds. The predicted molar refractivity (Wildman–Crippen MR) is 109 cm³/mol. The largest absolute Gasteiger partial charge is 0.465 e. The van der Waals surface area contributed by atoms with Crippen LogP contribution < -0.4 is 11.1 Å². The second-order valence-electron chi connectivity index (χ2n) is 6.95. The van der Waals surface area contributed by atoms with Gasteiger partial charge in [0.25, 0.3) is 0 Å². The lowest BCUT2D eigenvalue weighted by atomic mass is 9.81. The highest BCUT2D eigenvalue weighted by Gasteiger charge is 2.25. The molecule has 7 heteroatoms. The van der Waals surface area contributed by atoms with Crippen LogP contribution in [0.15, 0.2) is 46.9 Å². The number of hydrogen-bond acceptors (Lipinski definition) is 3. The summed E-state index contributed by atoms with van der Waals surface area (Å²) in [6.07, 6.45) is 4.88. The monoisotopic (exact) mass is 382 g/mol. The Morgan fingerprint density at radius 2 is 2.07 bits per heavy atom. The number of amidine groups is 1. The van der Waals surface area contributed by atoms with Crippen LogP contribution in [0.25, 0.3) is 10.9 Å². The summed E-state index contributed by atoms with van der Waals surface area (Å²) in [6.45, 7) is 0. The molecular formula is C20H22N4O2S. The first-order valence-electron chi connectivity index (χ1n) is 9.08. The van der Waals surface area contributed by atoms with E-state index in [0.29, 0.717) is 11.8 Å². The molecule has 4 rings (SSSR count). The van der Waals surface area contributed by atoms with Crippen LogP contribution in [0.3, 0.4) is 0 Å². The average molecular weight is 382 g/mol. The minimum atomic E-state index is -0.930. The van der Waals surface area contributed by atoms with E-state index in [-0.39, 0.29) is 6.04 Å². The quantitative estimate of drug-likeness (QED) is 0.393. The SMILES string of the molecule is NC(=Nc1ccc2c(C3CCC(NC(=O)O)CC3)c[nH]c2c1)c1cccs1. The number of H-pyrrole nitrogens is 1. The lowest BCUT2D eigenvalue weighted by molar-refractivity contribution is 0.185. The van der Waals surface area contributed by atoms with Crippen molar-refractivity contribution in [3.05, 3.63) is 52.3 Å². The molecule has 1 aromatic carbocycles. The molecule has 2 heterocycles. The van der Waals surface area contributed by atoms with E-state index in [1.165, 1.54) is 10.9 Å². The van der Waals surface area contributed by atoms with Gasteiger partial charge in [-0.1, -0.05) is 12.1 Å². The Morgan fingerprint density at radius 1 is 1.26 bits per heavy atom. The third-order valence-electron chi connectivity index (χ3n) is 5.22. The fraction of sp³-hybridized carbons (Fsp3) is 0.300.